The van der Waals surface area contributed by atoms with Crippen molar-refractivity contribution in [2.24, 2.45) is 0 Å². The van der Waals surface area contributed by atoms with E-state index in [4.69, 9.17) is 0 Å². The van der Waals surface area contributed by atoms with E-state index in [1.165, 1.54) is 13.0 Å². The normalized spacial score (nSPS) is 10.4. The van der Waals surface area contributed by atoms with E-state index in [2.05, 4.69) is 31.9 Å². The van der Waals surface area contributed by atoms with Crippen LogP contribution in [0, 0.1) is 5.82 Å². The van der Waals surface area contributed by atoms with Crippen LogP contribution in [0.1, 0.15) is 17.3 Å². The molecule has 0 saturated carbocycles. The fraction of sp³-hybridized carbons (Fsp3) is 0.0714. The number of benzene rings is 2. The zero-order valence-corrected chi connectivity index (χ0v) is 12.7. The van der Waals surface area contributed by atoms with Crippen LogP contribution in [0.25, 0.3) is 11.1 Å². The van der Waals surface area contributed by atoms with E-state index in [0.717, 1.165) is 5.56 Å². The summed E-state index contributed by atoms with van der Waals surface area (Å²) in [5.74, 6) is -0.320. The molecule has 0 spiro atoms. The zero-order chi connectivity index (χ0) is 13.3. The van der Waals surface area contributed by atoms with Crippen LogP contribution in [0.15, 0.2) is 45.3 Å². The molecule has 0 unspecified atom stereocenters. The third kappa shape index (κ3) is 2.70. The Kier molecular flexibility index (Phi) is 3.97. The number of hydrogen-bond acceptors (Lipinski definition) is 1. The van der Waals surface area contributed by atoms with Gasteiger partial charge in [-0.25, -0.2) is 4.39 Å². The maximum absolute atomic E-state index is 13.9. The second kappa shape index (κ2) is 5.33. The van der Waals surface area contributed by atoms with Crippen molar-refractivity contribution in [3.05, 3.63) is 56.7 Å². The van der Waals surface area contributed by atoms with Gasteiger partial charge in [-0.3, -0.25) is 4.79 Å². The number of carbonyl (C=O) groups is 1. The minimum absolute atomic E-state index is 0.0153. The number of carbonyl (C=O) groups excluding carboxylic acids is 1. The van der Waals surface area contributed by atoms with Gasteiger partial charge in [-0.2, -0.15) is 0 Å². The van der Waals surface area contributed by atoms with Gasteiger partial charge in [-0.05, 0) is 30.7 Å². The van der Waals surface area contributed by atoms with Gasteiger partial charge in [0, 0.05) is 20.1 Å². The van der Waals surface area contributed by atoms with E-state index in [0.29, 0.717) is 20.1 Å². The Morgan fingerprint density at radius 2 is 1.72 bits per heavy atom. The molecule has 2 rings (SSSR count). The van der Waals surface area contributed by atoms with Gasteiger partial charge in [0.05, 0.1) is 0 Å². The summed E-state index contributed by atoms with van der Waals surface area (Å²) in [4.78, 5) is 11.3. The summed E-state index contributed by atoms with van der Waals surface area (Å²) in [6.07, 6.45) is 0. The van der Waals surface area contributed by atoms with Gasteiger partial charge < -0.3 is 0 Å². The fourth-order valence-corrected chi connectivity index (χ4v) is 2.59. The second-order valence-electron chi connectivity index (χ2n) is 3.87. The highest BCUT2D eigenvalue weighted by Gasteiger charge is 2.10. The van der Waals surface area contributed by atoms with Gasteiger partial charge in [-0.1, -0.05) is 50.1 Å². The summed E-state index contributed by atoms with van der Waals surface area (Å²) in [5, 5.41) is 0. The van der Waals surface area contributed by atoms with Crippen LogP contribution < -0.4 is 0 Å². The summed E-state index contributed by atoms with van der Waals surface area (Å²) in [5.41, 5.74) is 1.83. The lowest BCUT2D eigenvalue weighted by atomic mass is 10.0. The van der Waals surface area contributed by atoms with Crippen LogP contribution in [0.5, 0.6) is 0 Å². The van der Waals surface area contributed by atoms with Crippen LogP contribution in [0.3, 0.4) is 0 Å². The molecule has 0 aromatic heterocycles. The van der Waals surface area contributed by atoms with Crippen molar-refractivity contribution in [1.29, 1.82) is 0 Å². The number of ketones is 1. The van der Waals surface area contributed by atoms with Crippen LogP contribution in [0.2, 0.25) is 0 Å². The summed E-state index contributed by atoms with van der Waals surface area (Å²) < 4.78 is 15.3. The third-order valence-corrected chi connectivity index (χ3v) is 3.75. The van der Waals surface area contributed by atoms with E-state index in [-0.39, 0.29) is 11.6 Å². The largest absolute Gasteiger partial charge is 0.295 e. The quantitative estimate of drug-likeness (QED) is 0.661. The average Bonchev–Trinajstić information content (AvgIpc) is 2.30. The molecule has 0 aliphatic heterocycles. The van der Waals surface area contributed by atoms with Gasteiger partial charge in [0.1, 0.15) is 5.82 Å². The summed E-state index contributed by atoms with van der Waals surface area (Å²) in [6.45, 7) is 1.50. The molecule has 18 heavy (non-hydrogen) atoms. The first-order chi connectivity index (χ1) is 8.49. The summed E-state index contributed by atoms with van der Waals surface area (Å²) in [6, 6.07) is 10.0. The van der Waals surface area contributed by atoms with Crippen LogP contribution in [-0.2, 0) is 0 Å². The van der Waals surface area contributed by atoms with E-state index < -0.39 is 0 Å². The van der Waals surface area contributed by atoms with Crippen molar-refractivity contribution in [3.63, 3.8) is 0 Å². The second-order valence-corrected chi connectivity index (χ2v) is 5.64. The molecule has 1 nitrogen and oxygen atoms in total. The topological polar surface area (TPSA) is 17.1 Å². The molecule has 2 aromatic rings. The predicted molar refractivity (Wildman–Crippen MR) is 77.2 cm³/mol. The Morgan fingerprint density at radius 3 is 2.28 bits per heavy atom. The minimum Gasteiger partial charge on any atom is -0.295 e. The highest BCUT2D eigenvalue weighted by Crippen LogP contribution is 2.32. The van der Waals surface area contributed by atoms with Crippen LogP contribution >= 0.6 is 31.9 Å². The molecule has 2 aromatic carbocycles. The lowest BCUT2D eigenvalue weighted by Crippen LogP contribution is -1.93. The van der Waals surface area contributed by atoms with Gasteiger partial charge in [0.15, 0.2) is 5.78 Å². The molecule has 0 saturated heterocycles. The monoisotopic (exact) mass is 370 g/mol. The number of rotatable bonds is 2. The van der Waals surface area contributed by atoms with Crippen molar-refractivity contribution >= 4 is 37.6 Å². The molecule has 0 N–H and O–H groups in total. The molecule has 0 radical (unpaired) electrons. The molecule has 0 fully saturated rings. The molecule has 0 aliphatic carbocycles. The Morgan fingerprint density at radius 1 is 1.06 bits per heavy atom. The molecule has 0 amide bonds. The van der Waals surface area contributed by atoms with E-state index in [1.54, 1.807) is 30.3 Å². The Hall–Kier alpha value is -1.00. The van der Waals surface area contributed by atoms with Crippen molar-refractivity contribution in [2.75, 3.05) is 0 Å². The molecule has 0 atom stereocenters. The standard InChI is InChI=1S/C14H9Br2FO/c1-8(18)9-2-4-11(13(16)6-9)12-5-3-10(15)7-14(12)17/h2-7H,1H3. The maximum Gasteiger partial charge on any atom is 0.159 e. The molecule has 0 aliphatic rings. The highest BCUT2D eigenvalue weighted by molar-refractivity contribution is 9.10. The zero-order valence-electron chi connectivity index (χ0n) is 9.51. The van der Waals surface area contributed by atoms with Gasteiger partial charge in [-0.15, -0.1) is 0 Å². The van der Waals surface area contributed by atoms with E-state index in [1.807, 2.05) is 0 Å². The minimum atomic E-state index is -0.305. The van der Waals surface area contributed by atoms with Crippen molar-refractivity contribution in [1.82, 2.24) is 0 Å². The van der Waals surface area contributed by atoms with E-state index >= 15 is 0 Å². The molecule has 92 valence electrons. The summed E-state index contributed by atoms with van der Waals surface area (Å²) >= 11 is 6.60. The van der Waals surface area contributed by atoms with E-state index in [9.17, 15) is 9.18 Å². The SMILES string of the molecule is CC(=O)c1ccc(-c2ccc(Br)cc2F)c(Br)c1. The van der Waals surface area contributed by atoms with Gasteiger partial charge >= 0.3 is 0 Å². The van der Waals surface area contributed by atoms with Crippen LogP contribution in [0.4, 0.5) is 4.39 Å². The molecule has 0 bridgehead atoms. The Labute approximate surface area is 121 Å². The van der Waals surface area contributed by atoms with Crippen molar-refractivity contribution in [3.8, 4) is 11.1 Å². The third-order valence-electron chi connectivity index (χ3n) is 2.60. The Balaban J connectivity index is 2.54. The molecular weight excluding hydrogens is 363 g/mol. The lowest BCUT2D eigenvalue weighted by molar-refractivity contribution is 0.101. The predicted octanol–water partition coefficient (Wildman–Crippen LogP) is 5.22. The number of hydrogen-bond donors (Lipinski definition) is 0. The summed E-state index contributed by atoms with van der Waals surface area (Å²) in [7, 11) is 0. The average molecular weight is 372 g/mol. The number of Topliss-reactive ketones (excluding diaryl/α,β-unsaturated/α-hetero) is 1. The van der Waals surface area contributed by atoms with Gasteiger partial charge in [0.25, 0.3) is 0 Å². The highest BCUT2D eigenvalue weighted by atomic mass is 79.9. The number of halogens is 3. The maximum atomic E-state index is 13.9. The van der Waals surface area contributed by atoms with Gasteiger partial charge in [0.2, 0.25) is 0 Å². The van der Waals surface area contributed by atoms with Crippen LogP contribution in [-0.4, -0.2) is 5.78 Å². The smallest absolute Gasteiger partial charge is 0.159 e. The Bertz CT molecular complexity index is 623. The fourth-order valence-electron chi connectivity index (χ4n) is 1.66. The lowest BCUT2D eigenvalue weighted by Gasteiger charge is -2.08. The first-order valence-corrected chi connectivity index (χ1v) is 6.83. The molecular formula is C14H9Br2FO. The molecule has 0 heterocycles. The first kappa shape index (κ1) is 13.4. The van der Waals surface area contributed by atoms with Crippen molar-refractivity contribution < 1.29 is 9.18 Å². The van der Waals surface area contributed by atoms with Crippen molar-refractivity contribution in [2.45, 2.75) is 6.92 Å². The molecule has 4 heteroatoms. The first-order valence-electron chi connectivity index (χ1n) is 5.25.